The minimum absolute atomic E-state index is 0.313. The van der Waals surface area contributed by atoms with Gasteiger partial charge in [-0.3, -0.25) is 0 Å². The molecule has 2 unspecified atom stereocenters. The molecule has 2 atom stereocenters. The van der Waals surface area contributed by atoms with Crippen molar-refractivity contribution in [3.63, 3.8) is 0 Å². The van der Waals surface area contributed by atoms with Crippen molar-refractivity contribution in [2.75, 3.05) is 6.61 Å². The summed E-state index contributed by atoms with van der Waals surface area (Å²) in [5.74, 6) is 1.11. The molecule has 0 saturated heterocycles. The minimum atomic E-state index is 0.313. The first-order valence-corrected chi connectivity index (χ1v) is 4.83. The lowest BCUT2D eigenvalue weighted by Gasteiger charge is -2.32. The molecule has 0 radical (unpaired) electrons. The molecule has 0 amide bonds. The molecule has 12 heavy (non-hydrogen) atoms. The third-order valence-corrected chi connectivity index (χ3v) is 2.81. The molecule has 0 aromatic heterocycles. The van der Waals surface area contributed by atoms with Crippen LogP contribution in [0.5, 0.6) is 0 Å². The second-order valence-electron chi connectivity index (χ2n) is 4.88. The summed E-state index contributed by atoms with van der Waals surface area (Å²) in [5, 5.41) is 8.93. The van der Waals surface area contributed by atoms with Gasteiger partial charge in [0.15, 0.2) is 0 Å². The van der Waals surface area contributed by atoms with Gasteiger partial charge in [-0.15, -0.1) is 0 Å². The fourth-order valence-corrected chi connectivity index (χ4v) is 1.75. The van der Waals surface area contributed by atoms with Crippen molar-refractivity contribution in [3.8, 4) is 0 Å². The summed E-state index contributed by atoms with van der Waals surface area (Å²) in [6.45, 7) is 7.15. The van der Waals surface area contributed by atoms with E-state index in [0.29, 0.717) is 23.9 Å². The van der Waals surface area contributed by atoms with E-state index in [1.165, 1.54) is 6.42 Å². The van der Waals surface area contributed by atoms with Crippen LogP contribution >= 0.6 is 0 Å². The van der Waals surface area contributed by atoms with Gasteiger partial charge >= 0.3 is 0 Å². The molecule has 0 spiro atoms. The number of rotatable bonds is 1. The number of aliphatic hydroxyl groups is 1. The molecule has 0 aromatic carbocycles. The largest absolute Gasteiger partial charge is 0.396 e. The second kappa shape index (κ2) is 3.61. The minimum Gasteiger partial charge on any atom is -0.396 e. The summed E-state index contributed by atoms with van der Waals surface area (Å²) in [6.07, 6.45) is 6.84. The maximum absolute atomic E-state index is 8.93. The molecule has 1 aliphatic rings. The summed E-state index contributed by atoms with van der Waals surface area (Å²) in [7, 11) is 0. The van der Waals surface area contributed by atoms with Crippen LogP contribution in [0.15, 0.2) is 12.2 Å². The first-order valence-electron chi connectivity index (χ1n) is 4.83. The van der Waals surface area contributed by atoms with Gasteiger partial charge in [0.05, 0.1) is 0 Å². The molecule has 0 aliphatic heterocycles. The lowest BCUT2D eigenvalue weighted by molar-refractivity contribution is 0.205. The Labute approximate surface area is 75.5 Å². The summed E-state index contributed by atoms with van der Waals surface area (Å²) >= 11 is 0. The maximum atomic E-state index is 8.93. The molecule has 1 N–H and O–H groups in total. The highest BCUT2D eigenvalue weighted by Gasteiger charge is 2.25. The van der Waals surface area contributed by atoms with Gasteiger partial charge in [0.1, 0.15) is 0 Å². The van der Waals surface area contributed by atoms with E-state index in [1.54, 1.807) is 0 Å². The van der Waals surface area contributed by atoms with Crippen LogP contribution < -0.4 is 0 Å². The van der Waals surface area contributed by atoms with Crippen LogP contribution in [0, 0.1) is 17.3 Å². The van der Waals surface area contributed by atoms with Gasteiger partial charge in [-0.2, -0.15) is 0 Å². The fourth-order valence-electron chi connectivity index (χ4n) is 1.75. The fraction of sp³-hybridized carbons (Fsp3) is 0.818. The molecule has 1 nitrogen and oxygen atoms in total. The monoisotopic (exact) mass is 168 g/mol. The third kappa shape index (κ3) is 2.34. The second-order valence-corrected chi connectivity index (χ2v) is 4.88. The van der Waals surface area contributed by atoms with Crippen molar-refractivity contribution in [2.45, 2.75) is 33.6 Å². The lowest BCUT2D eigenvalue weighted by atomic mass is 9.74. The number of allylic oxidation sites excluding steroid dienone is 1. The molecule has 0 aromatic rings. The van der Waals surface area contributed by atoms with Gasteiger partial charge in [-0.05, 0) is 30.1 Å². The van der Waals surface area contributed by atoms with E-state index < -0.39 is 0 Å². The Bertz CT molecular complexity index is 164. The van der Waals surface area contributed by atoms with Crippen molar-refractivity contribution in [1.82, 2.24) is 0 Å². The SMILES string of the molecule is CC(C)(C)C1C=CC(CO)CC1. The summed E-state index contributed by atoms with van der Waals surface area (Å²) in [5.41, 5.74) is 0.386. The van der Waals surface area contributed by atoms with Crippen molar-refractivity contribution >= 4 is 0 Å². The van der Waals surface area contributed by atoms with Crippen molar-refractivity contribution < 1.29 is 5.11 Å². The molecule has 1 rings (SSSR count). The Morgan fingerprint density at radius 2 is 1.92 bits per heavy atom. The zero-order chi connectivity index (χ0) is 9.19. The smallest absolute Gasteiger partial charge is 0.0493 e. The van der Waals surface area contributed by atoms with Crippen molar-refractivity contribution in [3.05, 3.63) is 12.2 Å². The van der Waals surface area contributed by atoms with Crippen molar-refractivity contribution in [2.24, 2.45) is 17.3 Å². The topological polar surface area (TPSA) is 20.2 Å². The van der Waals surface area contributed by atoms with E-state index in [1.807, 2.05) is 0 Å². The van der Waals surface area contributed by atoms with Crippen molar-refractivity contribution in [1.29, 1.82) is 0 Å². The van der Waals surface area contributed by atoms with E-state index in [2.05, 4.69) is 32.9 Å². The highest BCUT2D eigenvalue weighted by molar-refractivity contribution is 5.01. The average molecular weight is 168 g/mol. The van der Waals surface area contributed by atoms with Crippen LogP contribution in [-0.2, 0) is 0 Å². The summed E-state index contributed by atoms with van der Waals surface area (Å²) < 4.78 is 0. The Kier molecular flexibility index (Phi) is 2.94. The summed E-state index contributed by atoms with van der Waals surface area (Å²) in [4.78, 5) is 0. The van der Waals surface area contributed by atoms with E-state index in [-0.39, 0.29) is 0 Å². The van der Waals surface area contributed by atoms with Gasteiger partial charge in [0, 0.05) is 6.61 Å². The van der Waals surface area contributed by atoms with Gasteiger partial charge in [-0.1, -0.05) is 32.9 Å². The number of hydrogen-bond donors (Lipinski definition) is 1. The Hall–Kier alpha value is -0.300. The first-order chi connectivity index (χ1) is 5.54. The molecule has 70 valence electrons. The highest BCUT2D eigenvalue weighted by Crippen LogP contribution is 2.35. The van der Waals surface area contributed by atoms with Crippen LogP contribution in [0.1, 0.15) is 33.6 Å². The quantitative estimate of drug-likeness (QED) is 0.597. The standard InChI is InChI=1S/C11H20O/c1-11(2,3)10-6-4-9(8-12)5-7-10/h4,6,9-10,12H,5,7-8H2,1-3H3. The molecule has 0 heterocycles. The molecule has 0 fully saturated rings. The van der Waals surface area contributed by atoms with Crippen LogP contribution in [0.2, 0.25) is 0 Å². The van der Waals surface area contributed by atoms with E-state index in [0.717, 1.165) is 6.42 Å². The van der Waals surface area contributed by atoms with E-state index in [4.69, 9.17) is 5.11 Å². The van der Waals surface area contributed by atoms with Gasteiger partial charge < -0.3 is 5.11 Å². The molecule has 1 heteroatoms. The molecular weight excluding hydrogens is 148 g/mol. The van der Waals surface area contributed by atoms with Crippen LogP contribution in [0.4, 0.5) is 0 Å². The molecule has 0 saturated carbocycles. The van der Waals surface area contributed by atoms with Gasteiger partial charge in [0.2, 0.25) is 0 Å². The van der Waals surface area contributed by atoms with Crippen LogP contribution in [0.3, 0.4) is 0 Å². The predicted octanol–water partition coefficient (Wildman–Crippen LogP) is 2.61. The number of hydrogen-bond acceptors (Lipinski definition) is 1. The summed E-state index contributed by atoms with van der Waals surface area (Å²) in [6, 6.07) is 0. The average Bonchev–Trinajstić information content (AvgIpc) is 2.03. The molecule has 1 aliphatic carbocycles. The Morgan fingerprint density at radius 3 is 2.25 bits per heavy atom. The lowest BCUT2D eigenvalue weighted by Crippen LogP contribution is -2.22. The third-order valence-electron chi connectivity index (χ3n) is 2.81. The maximum Gasteiger partial charge on any atom is 0.0493 e. The number of aliphatic hydroxyl groups excluding tert-OH is 1. The Balaban J connectivity index is 2.54. The molecular formula is C11H20O. The van der Waals surface area contributed by atoms with Gasteiger partial charge in [0.25, 0.3) is 0 Å². The normalized spacial score (nSPS) is 30.7. The van der Waals surface area contributed by atoms with Crippen LogP contribution in [-0.4, -0.2) is 11.7 Å². The predicted molar refractivity (Wildman–Crippen MR) is 51.9 cm³/mol. The Morgan fingerprint density at radius 1 is 1.25 bits per heavy atom. The van der Waals surface area contributed by atoms with Crippen LogP contribution in [0.25, 0.3) is 0 Å². The zero-order valence-corrected chi connectivity index (χ0v) is 8.38. The van der Waals surface area contributed by atoms with Gasteiger partial charge in [-0.25, -0.2) is 0 Å². The zero-order valence-electron chi connectivity index (χ0n) is 8.38. The molecule has 0 bridgehead atoms. The van der Waals surface area contributed by atoms with E-state index >= 15 is 0 Å². The highest BCUT2D eigenvalue weighted by atomic mass is 16.3. The first kappa shape index (κ1) is 9.79. The van der Waals surface area contributed by atoms with E-state index in [9.17, 15) is 0 Å².